The summed E-state index contributed by atoms with van der Waals surface area (Å²) in [5, 5.41) is 0. The Balaban J connectivity index is 2.00. The van der Waals surface area contributed by atoms with E-state index in [0.29, 0.717) is 25.0 Å². The molecular weight excluding hydrogens is 322 g/mol. The number of benzene rings is 1. The topological polar surface area (TPSA) is 77.2 Å². The summed E-state index contributed by atoms with van der Waals surface area (Å²) < 4.78 is 6.26. The number of nitrogens with zero attached hydrogens (tertiary/aromatic N) is 4. The Morgan fingerprint density at radius 1 is 1.10 bits per heavy atom. The van der Waals surface area contributed by atoms with Crippen LogP contribution in [0.25, 0.3) is 11.4 Å². The molecule has 1 saturated heterocycles. The van der Waals surface area contributed by atoms with Crippen LogP contribution in [0.1, 0.15) is 0 Å². The second-order valence-electron chi connectivity index (χ2n) is 4.40. The molecule has 104 valence electrons. The summed E-state index contributed by atoms with van der Waals surface area (Å²) in [5.41, 5.74) is 6.72. The van der Waals surface area contributed by atoms with Crippen molar-refractivity contribution in [1.82, 2.24) is 15.0 Å². The van der Waals surface area contributed by atoms with Gasteiger partial charge in [-0.3, -0.25) is 0 Å². The normalized spacial score (nSPS) is 15.3. The Hall–Kier alpha value is -1.73. The van der Waals surface area contributed by atoms with Gasteiger partial charge in [0.05, 0.1) is 13.2 Å². The van der Waals surface area contributed by atoms with E-state index in [1.54, 1.807) is 0 Å². The molecule has 0 spiro atoms. The van der Waals surface area contributed by atoms with Crippen molar-refractivity contribution in [2.24, 2.45) is 0 Å². The van der Waals surface area contributed by atoms with E-state index >= 15 is 0 Å². The molecular formula is C13H14BrN5O. The maximum atomic E-state index is 5.82. The highest BCUT2D eigenvalue weighted by Gasteiger charge is 2.17. The summed E-state index contributed by atoms with van der Waals surface area (Å²) in [6.07, 6.45) is 0. The second kappa shape index (κ2) is 5.72. The van der Waals surface area contributed by atoms with E-state index in [2.05, 4.69) is 35.8 Å². The van der Waals surface area contributed by atoms with Crippen LogP contribution in [0.5, 0.6) is 0 Å². The van der Waals surface area contributed by atoms with Crippen molar-refractivity contribution in [3.63, 3.8) is 0 Å². The van der Waals surface area contributed by atoms with Gasteiger partial charge in [0.15, 0.2) is 5.82 Å². The third-order valence-corrected chi connectivity index (χ3v) is 3.74. The quantitative estimate of drug-likeness (QED) is 0.900. The van der Waals surface area contributed by atoms with Gasteiger partial charge < -0.3 is 15.4 Å². The molecule has 0 amide bonds. The number of nitrogen functional groups attached to an aromatic ring is 1. The van der Waals surface area contributed by atoms with Gasteiger partial charge in [0.1, 0.15) is 0 Å². The average molecular weight is 336 g/mol. The molecule has 0 aliphatic carbocycles. The third-order valence-electron chi connectivity index (χ3n) is 3.05. The van der Waals surface area contributed by atoms with Crippen LogP contribution in [0.2, 0.25) is 0 Å². The van der Waals surface area contributed by atoms with Crippen molar-refractivity contribution < 1.29 is 4.74 Å². The van der Waals surface area contributed by atoms with Gasteiger partial charge >= 0.3 is 0 Å². The Morgan fingerprint density at radius 2 is 1.85 bits per heavy atom. The predicted octanol–water partition coefficient (Wildman–Crippen LogP) is 1.72. The molecule has 1 aliphatic rings. The molecule has 0 atom stereocenters. The molecule has 1 aliphatic heterocycles. The Morgan fingerprint density at radius 3 is 2.60 bits per heavy atom. The van der Waals surface area contributed by atoms with E-state index < -0.39 is 0 Å². The number of nitrogens with two attached hydrogens (primary N) is 1. The molecule has 2 heterocycles. The van der Waals surface area contributed by atoms with Gasteiger partial charge in [0, 0.05) is 23.1 Å². The van der Waals surface area contributed by atoms with Crippen LogP contribution in [-0.4, -0.2) is 41.3 Å². The molecule has 1 fully saturated rings. The Kier molecular flexibility index (Phi) is 3.79. The number of aromatic nitrogens is 3. The zero-order valence-corrected chi connectivity index (χ0v) is 12.4. The van der Waals surface area contributed by atoms with Crippen LogP contribution < -0.4 is 10.6 Å². The van der Waals surface area contributed by atoms with E-state index in [1.165, 1.54) is 0 Å². The monoisotopic (exact) mass is 335 g/mol. The molecule has 1 aromatic carbocycles. The van der Waals surface area contributed by atoms with Crippen molar-refractivity contribution in [3.8, 4) is 11.4 Å². The van der Waals surface area contributed by atoms with E-state index in [9.17, 15) is 0 Å². The van der Waals surface area contributed by atoms with Crippen LogP contribution in [0.3, 0.4) is 0 Å². The van der Waals surface area contributed by atoms with Crippen molar-refractivity contribution in [2.75, 3.05) is 36.9 Å². The minimum absolute atomic E-state index is 0.229. The number of rotatable bonds is 2. The molecule has 1 aromatic heterocycles. The molecule has 2 aromatic rings. The number of hydrogen-bond acceptors (Lipinski definition) is 6. The lowest BCUT2D eigenvalue weighted by Crippen LogP contribution is -2.37. The number of halogens is 1. The number of morpholine rings is 1. The minimum atomic E-state index is 0.229. The first-order chi connectivity index (χ1) is 9.74. The maximum absolute atomic E-state index is 5.82. The van der Waals surface area contributed by atoms with Crippen LogP contribution >= 0.6 is 15.9 Å². The molecule has 20 heavy (non-hydrogen) atoms. The van der Waals surface area contributed by atoms with Crippen molar-refractivity contribution in [3.05, 3.63) is 28.7 Å². The fourth-order valence-electron chi connectivity index (χ4n) is 2.05. The van der Waals surface area contributed by atoms with E-state index in [1.807, 2.05) is 24.3 Å². The Bertz CT molecular complexity index is 615. The van der Waals surface area contributed by atoms with E-state index in [0.717, 1.165) is 23.1 Å². The molecule has 0 radical (unpaired) electrons. The average Bonchev–Trinajstić information content (AvgIpc) is 2.48. The molecule has 7 heteroatoms. The largest absolute Gasteiger partial charge is 0.378 e. The minimum Gasteiger partial charge on any atom is -0.378 e. The van der Waals surface area contributed by atoms with Crippen molar-refractivity contribution >= 4 is 27.8 Å². The molecule has 0 bridgehead atoms. The van der Waals surface area contributed by atoms with E-state index in [-0.39, 0.29) is 5.95 Å². The van der Waals surface area contributed by atoms with Crippen LogP contribution in [0, 0.1) is 0 Å². The van der Waals surface area contributed by atoms with Gasteiger partial charge in [-0.2, -0.15) is 15.0 Å². The van der Waals surface area contributed by atoms with Gasteiger partial charge in [-0.15, -0.1) is 0 Å². The van der Waals surface area contributed by atoms with E-state index in [4.69, 9.17) is 10.5 Å². The Labute approximate surface area is 125 Å². The molecule has 2 N–H and O–H groups in total. The number of anilines is 2. The summed E-state index contributed by atoms with van der Waals surface area (Å²) >= 11 is 3.50. The van der Waals surface area contributed by atoms with Crippen molar-refractivity contribution in [2.45, 2.75) is 0 Å². The predicted molar refractivity (Wildman–Crippen MR) is 80.4 cm³/mol. The van der Waals surface area contributed by atoms with Crippen molar-refractivity contribution in [1.29, 1.82) is 0 Å². The summed E-state index contributed by atoms with van der Waals surface area (Å²) in [4.78, 5) is 15.0. The maximum Gasteiger partial charge on any atom is 0.230 e. The first-order valence-corrected chi connectivity index (χ1v) is 7.12. The smallest absolute Gasteiger partial charge is 0.230 e. The zero-order chi connectivity index (χ0) is 13.9. The van der Waals surface area contributed by atoms with Crippen LogP contribution in [-0.2, 0) is 4.74 Å². The standard InChI is InChI=1S/C13H14BrN5O/c14-10-4-2-1-3-9(10)11-16-12(15)18-13(17-11)19-5-7-20-8-6-19/h1-4H,5-8H2,(H2,15,16,17,18). The fraction of sp³-hybridized carbons (Fsp3) is 0.308. The third kappa shape index (κ3) is 2.73. The van der Waals surface area contributed by atoms with Crippen LogP contribution in [0.4, 0.5) is 11.9 Å². The van der Waals surface area contributed by atoms with Gasteiger partial charge in [0.25, 0.3) is 0 Å². The summed E-state index contributed by atoms with van der Waals surface area (Å²) in [6.45, 7) is 2.88. The highest BCUT2D eigenvalue weighted by molar-refractivity contribution is 9.10. The second-order valence-corrected chi connectivity index (χ2v) is 5.25. The summed E-state index contributed by atoms with van der Waals surface area (Å²) in [7, 11) is 0. The molecule has 3 rings (SSSR count). The summed E-state index contributed by atoms with van der Waals surface area (Å²) in [5.74, 6) is 1.41. The van der Waals surface area contributed by atoms with Gasteiger partial charge in [-0.25, -0.2) is 0 Å². The molecule has 0 unspecified atom stereocenters. The SMILES string of the molecule is Nc1nc(-c2ccccc2Br)nc(N2CCOCC2)n1. The lowest BCUT2D eigenvalue weighted by atomic mass is 10.2. The lowest BCUT2D eigenvalue weighted by molar-refractivity contribution is 0.122. The van der Waals surface area contributed by atoms with Gasteiger partial charge in [0.2, 0.25) is 11.9 Å². The number of hydrogen-bond donors (Lipinski definition) is 1. The summed E-state index contributed by atoms with van der Waals surface area (Å²) in [6, 6.07) is 7.78. The van der Waals surface area contributed by atoms with Gasteiger partial charge in [-0.1, -0.05) is 34.1 Å². The highest BCUT2D eigenvalue weighted by Crippen LogP contribution is 2.26. The molecule has 6 nitrogen and oxygen atoms in total. The fourth-order valence-corrected chi connectivity index (χ4v) is 2.51. The zero-order valence-electron chi connectivity index (χ0n) is 10.8. The first kappa shape index (κ1) is 13.3. The lowest BCUT2D eigenvalue weighted by Gasteiger charge is -2.26. The highest BCUT2D eigenvalue weighted by atomic mass is 79.9. The van der Waals surface area contributed by atoms with Crippen LogP contribution in [0.15, 0.2) is 28.7 Å². The van der Waals surface area contributed by atoms with Gasteiger partial charge in [-0.05, 0) is 6.07 Å². The molecule has 0 saturated carbocycles. The first-order valence-electron chi connectivity index (χ1n) is 6.33. The number of ether oxygens (including phenoxy) is 1.